The van der Waals surface area contributed by atoms with Crippen LogP contribution in [0.2, 0.25) is 0 Å². The van der Waals surface area contributed by atoms with Crippen molar-refractivity contribution in [1.82, 2.24) is 4.90 Å². The van der Waals surface area contributed by atoms with E-state index in [4.69, 9.17) is 13.9 Å². The van der Waals surface area contributed by atoms with Crippen LogP contribution in [0.3, 0.4) is 0 Å². The van der Waals surface area contributed by atoms with Gasteiger partial charge >= 0.3 is 0 Å². The molecule has 2 aromatic rings. The number of hydrogen-bond donors (Lipinski definition) is 0. The molecule has 1 fully saturated rings. The highest BCUT2D eigenvalue weighted by Crippen LogP contribution is 2.32. The molecule has 7 nitrogen and oxygen atoms in total. The van der Waals surface area contributed by atoms with Gasteiger partial charge in [-0.1, -0.05) is 6.07 Å². The van der Waals surface area contributed by atoms with Gasteiger partial charge in [0.25, 0.3) is 0 Å². The van der Waals surface area contributed by atoms with E-state index in [0.29, 0.717) is 30.2 Å². The number of nitrogens with zero attached hydrogens (tertiary/aromatic N) is 1. The van der Waals surface area contributed by atoms with E-state index in [1.165, 1.54) is 12.3 Å². The number of likely N-dealkylation sites (tertiary alicyclic amines) is 1. The van der Waals surface area contributed by atoms with Gasteiger partial charge in [0.05, 0.1) is 11.5 Å². The molecule has 4 rings (SSSR count). The molecule has 0 N–H and O–H groups in total. The number of carbonyl (C=O) groups is 1. The second-order valence-corrected chi connectivity index (χ2v) is 8.81. The molecule has 3 heterocycles. The van der Waals surface area contributed by atoms with E-state index in [2.05, 4.69) is 0 Å². The molecule has 2 aliphatic heterocycles. The molecule has 8 heteroatoms. The average Bonchev–Trinajstić information content (AvgIpc) is 3.39. The minimum Gasteiger partial charge on any atom is -0.468 e. The molecule has 0 radical (unpaired) electrons. The number of fused-ring (bicyclic) bond motifs is 1. The Morgan fingerprint density at radius 2 is 2.07 bits per heavy atom. The maximum Gasteiger partial charge on any atom is 0.246 e. The van der Waals surface area contributed by atoms with Gasteiger partial charge in [-0.05, 0) is 42.3 Å². The van der Waals surface area contributed by atoms with Crippen LogP contribution >= 0.6 is 0 Å². The highest BCUT2D eigenvalue weighted by Gasteiger charge is 2.35. The third kappa shape index (κ3) is 3.85. The second-order valence-electron chi connectivity index (χ2n) is 6.53. The Balaban J connectivity index is 1.37. The van der Waals surface area contributed by atoms with Gasteiger partial charge in [0, 0.05) is 19.2 Å². The fraction of sp³-hybridized carbons (Fsp3) is 0.316. The quantitative estimate of drug-likeness (QED) is 0.729. The maximum atomic E-state index is 12.5. The van der Waals surface area contributed by atoms with Crippen molar-refractivity contribution in [2.75, 3.05) is 19.9 Å². The maximum absolute atomic E-state index is 12.5. The fourth-order valence-corrected chi connectivity index (χ4v) is 4.89. The average molecular weight is 389 g/mol. The Morgan fingerprint density at radius 3 is 2.89 bits per heavy atom. The molecule has 1 aromatic heterocycles. The number of amides is 1. The first-order chi connectivity index (χ1) is 13.0. The Hall–Kier alpha value is -2.74. The predicted molar refractivity (Wildman–Crippen MR) is 97.9 cm³/mol. The summed E-state index contributed by atoms with van der Waals surface area (Å²) in [7, 11) is -3.37. The predicted octanol–water partition coefficient (Wildman–Crippen LogP) is 2.24. The molecule has 0 aliphatic carbocycles. The van der Waals surface area contributed by atoms with Crippen LogP contribution in [0, 0.1) is 0 Å². The molecule has 27 heavy (non-hydrogen) atoms. The number of sulfone groups is 1. The first-order valence-corrected chi connectivity index (χ1v) is 10.3. The van der Waals surface area contributed by atoms with Gasteiger partial charge in [-0.2, -0.15) is 0 Å². The van der Waals surface area contributed by atoms with Crippen LogP contribution in [0.4, 0.5) is 0 Å². The van der Waals surface area contributed by atoms with Crippen LogP contribution in [-0.4, -0.2) is 44.4 Å². The molecular weight excluding hydrogens is 370 g/mol. The summed E-state index contributed by atoms with van der Waals surface area (Å²) in [5.74, 6) is 1.41. The van der Waals surface area contributed by atoms with Crippen molar-refractivity contribution in [1.29, 1.82) is 0 Å². The van der Waals surface area contributed by atoms with Gasteiger partial charge in [0.2, 0.25) is 12.7 Å². The van der Waals surface area contributed by atoms with Crippen molar-refractivity contribution >= 4 is 21.8 Å². The van der Waals surface area contributed by atoms with Crippen LogP contribution in [0.25, 0.3) is 6.08 Å². The normalized spacial score (nSPS) is 19.1. The fourth-order valence-electron chi connectivity index (χ4n) is 3.22. The van der Waals surface area contributed by atoms with E-state index < -0.39 is 15.1 Å². The largest absolute Gasteiger partial charge is 0.468 e. The summed E-state index contributed by atoms with van der Waals surface area (Å²) < 4.78 is 40.7. The summed E-state index contributed by atoms with van der Waals surface area (Å²) in [6, 6.07) is 8.73. The first-order valence-electron chi connectivity index (χ1n) is 8.62. The zero-order chi connectivity index (χ0) is 18.9. The summed E-state index contributed by atoms with van der Waals surface area (Å²) in [5, 5.41) is -0.564. The van der Waals surface area contributed by atoms with Crippen LogP contribution in [0.5, 0.6) is 11.5 Å². The highest BCUT2D eigenvalue weighted by molar-refractivity contribution is 7.91. The second kappa shape index (κ2) is 7.11. The third-order valence-corrected chi connectivity index (χ3v) is 6.79. The number of furan rings is 1. The SMILES string of the molecule is O=C(/C=C/c1ccc2c(c1)OCO2)N1CCC(S(=O)(=O)Cc2ccco2)C1. The summed E-state index contributed by atoms with van der Waals surface area (Å²) in [6.07, 6.45) is 5.04. The number of hydrogen-bond acceptors (Lipinski definition) is 6. The molecule has 142 valence electrons. The third-order valence-electron chi connectivity index (χ3n) is 4.70. The van der Waals surface area contributed by atoms with Crippen molar-refractivity contribution in [3.05, 3.63) is 54.0 Å². The minimum absolute atomic E-state index is 0.139. The number of rotatable bonds is 5. The summed E-state index contributed by atoms with van der Waals surface area (Å²) >= 11 is 0. The molecular formula is C19H19NO6S. The van der Waals surface area contributed by atoms with Crippen molar-refractivity contribution in [3.63, 3.8) is 0 Å². The molecule has 1 unspecified atom stereocenters. The van der Waals surface area contributed by atoms with Crippen molar-refractivity contribution < 1.29 is 27.1 Å². The van der Waals surface area contributed by atoms with Crippen molar-refractivity contribution in [2.45, 2.75) is 17.4 Å². The van der Waals surface area contributed by atoms with Gasteiger partial charge in [-0.25, -0.2) is 8.42 Å². The van der Waals surface area contributed by atoms with Crippen LogP contribution in [0.15, 0.2) is 47.1 Å². The van der Waals surface area contributed by atoms with E-state index in [0.717, 1.165) is 5.56 Å². The molecule has 1 atom stereocenters. The number of ether oxygens (including phenoxy) is 2. The van der Waals surface area contributed by atoms with E-state index in [9.17, 15) is 13.2 Å². The van der Waals surface area contributed by atoms with Crippen molar-refractivity contribution in [2.24, 2.45) is 0 Å². The van der Waals surface area contributed by atoms with E-state index in [-0.39, 0.29) is 25.0 Å². The Labute approximate surface area is 157 Å². The van der Waals surface area contributed by atoms with E-state index >= 15 is 0 Å². The number of carbonyl (C=O) groups excluding carboxylic acids is 1. The van der Waals surface area contributed by atoms with Crippen LogP contribution < -0.4 is 9.47 Å². The van der Waals surface area contributed by atoms with Gasteiger partial charge < -0.3 is 18.8 Å². The highest BCUT2D eigenvalue weighted by atomic mass is 32.2. The Bertz CT molecular complexity index is 964. The zero-order valence-corrected chi connectivity index (χ0v) is 15.4. The van der Waals surface area contributed by atoms with Gasteiger partial charge in [0.1, 0.15) is 11.5 Å². The summed E-state index contributed by atoms with van der Waals surface area (Å²) in [4.78, 5) is 14.0. The first kappa shape index (κ1) is 17.7. The number of benzene rings is 1. The lowest BCUT2D eigenvalue weighted by Gasteiger charge is -2.14. The zero-order valence-electron chi connectivity index (χ0n) is 14.5. The van der Waals surface area contributed by atoms with Crippen LogP contribution in [0.1, 0.15) is 17.7 Å². The lowest BCUT2D eigenvalue weighted by molar-refractivity contribution is -0.124. The molecule has 1 aromatic carbocycles. The molecule has 0 spiro atoms. The molecule has 1 saturated heterocycles. The van der Waals surface area contributed by atoms with Crippen LogP contribution in [-0.2, 0) is 20.4 Å². The lowest BCUT2D eigenvalue weighted by atomic mass is 10.2. The smallest absolute Gasteiger partial charge is 0.246 e. The Morgan fingerprint density at radius 1 is 1.22 bits per heavy atom. The molecule has 2 aliphatic rings. The van der Waals surface area contributed by atoms with Gasteiger partial charge in [-0.3, -0.25) is 4.79 Å². The minimum atomic E-state index is -3.37. The summed E-state index contributed by atoms with van der Waals surface area (Å²) in [5.41, 5.74) is 0.814. The summed E-state index contributed by atoms with van der Waals surface area (Å²) in [6.45, 7) is 0.822. The van der Waals surface area contributed by atoms with Gasteiger partial charge in [-0.15, -0.1) is 0 Å². The lowest BCUT2D eigenvalue weighted by Crippen LogP contribution is -2.31. The molecule has 0 saturated carbocycles. The molecule has 1 amide bonds. The monoisotopic (exact) mass is 389 g/mol. The van der Waals surface area contributed by atoms with E-state index in [1.807, 2.05) is 6.07 Å². The van der Waals surface area contributed by atoms with E-state index in [1.54, 1.807) is 35.2 Å². The van der Waals surface area contributed by atoms with Crippen molar-refractivity contribution in [3.8, 4) is 11.5 Å². The topological polar surface area (TPSA) is 86.0 Å². The van der Waals surface area contributed by atoms with Gasteiger partial charge in [0.15, 0.2) is 21.3 Å². The Kier molecular flexibility index (Phi) is 4.65. The molecule has 0 bridgehead atoms. The standard InChI is InChI=1S/C19H19NO6S/c21-19(6-4-14-3-5-17-18(10-14)26-13-25-17)20-8-7-16(11-20)27(22,23)12-15-2-1-9-24-15/h1-6,9-10,16H,7-8,11-13H2/b6-4+.